The maximum atomic E-state index is 13.1. The first-order valence-corrected chi connectivity index (χ1v) is 5.61. The van der Waals surface area contributed by atoms with E-state index in [4.69, 9.17) is 0 Å². The molecule has 0 radical (unpaired) electrons. The molecule has 1 aromatic rings. The third-order valence-corrected chi connectivity index (χ3v) is 3.06. The normalized spacial score (nSPS) is 18.9. The van der Waals surface area contributed by atoms with E-state index in [-0.39, 0.29) is 17.5 Å². The molecule has 7 heteroatoms. The van der Waals surface area contributed by atoms with Crippen molar-refractivity contribution in [1.29, 1.82) is 0 Å². The molecular weight excluding hydrogens is 269 g/mol. The number of rotatable bonds is 2. The van der Waals surface area contributed by atoms with Crippen molar-refractivity contribution in [1.82, 2.24) is 4.90 Å². The van der Waals surface area contributed by atoms with Gasteiger partial charge in [0.05, 0.1) is 6.04 Å². The molecule has 1 atom stereocenters. The number of alkyl halides is 3. The van der Waals surface area contributed by atoms with E-state index in [0.717, 1.165) is 6.07 Å². The molecule has 2 rings (SSSR count). The summed E-state index contributed by atoms with van der Waals surface area (Å²) in [6.07, 6.45) is -4.36. The first kappa shape index (κ1) is 13.8. The molecule has 2 nitrogen and oxygen atoms in total. The van der Waals surface area contributed by atoms with Gasteiger partial charge in [-0.1, -0.05) is 6.92 Å². The number of hydrogen-bond donors (Lipinski definition) is 0. The van der Waals surface area contributed by atoms with E-state index in [2.05, 4.69) is 0 Å². The number of amides is 1. The lowest BCUT2D eigenvalue weighted by Crippen LogP contribution is -2.36. The Hall–Kier alpha value is -1.66. The van der Waals surface area contributed by atoms with Crippen molar-refractivity contribution in [3.63, 3.8) is 0 Å². The summed E-state index contributed by atoms with van der Waals surface area (Å²) < 4.78 is 63.5. The molecule has 1 aliphatic rings. The summed E-state index contributed by atoms with van der Waals surface area (Å²) in [6, 6.07) is 0.582. The lowest BCUT2D eigenvalue weighted by Gasteiger charge is -2.25. The third-order valence-electron chi connectivity index (χ3n) is 3.06. The van der Waals surface area contributed by atoms with Gasteiger partial charge < -0.3 is 4.90 Å². The maximum absolute atomic E-state index is 13.1. The van der Waals surface area contributed by atoms with Crippen LogP contribution in [0.15, 0.2) is 12.1 Å². The molecule has 0 aliphatic carbocycles. The van der Waals surface area contributed by atoms with Crippen LogP contribution in [0.4, 0.5) is 22.0 Å². The molecule has 0 saturated heterocycles. The van der Waals surface area contributed by atoms with E-state index < -0.39 is 36.3 Å². The van der Waals surface area contributed by atoms with Gasteiger partial charge in [0, 0.05) is 5.56 Å². The highest BCUT2D eigenvalue weighted by atomic mass is 19.4. The highest BCUT2D eigenvalue weighted by Gasteiger charge is 2.42. The van der Waals surface area contributed by atoms with Gasteiger partial charge in [-0.25, -0.2) is 8.78 Å². The third kappa shape index (κ3) is 2.41. The Labute approximate surface area is 105 Å². The zero-order chi connectivity index (χ0) is 14.4. The molecule has 1 amide bonds. The monoisotopic (exact) mass is 279 g/mol. The highest BCUT2D eigenvalue weighted by molar-refractivity contribution is 5.99. The van der Waals surface area contributed by atoms with E-state index in [1.807, 2.05) is 0 Å². The number of nitrogens with zero attached hydrogens (tertiary/aromatic N) is 1. The summed E-state index contributed by atoms with van der Waals surface area (Å²) in [7, 11) is 0. The summed E-state index contributed by atoms with van der Waals surface area (Å²) in [5.74, 6) is -3.33. The fourth-order valence-electron chi connectivity index (χ4n) is 2.30. The number of carbonyl (C=O) groups is 1. The van der Waals surface area contributed by atoms with E-state index in [1.165, 1.54) is 0 Å². The van der Waals surface area contributed by atoms with Gasteiger partial charge in [-0.3, -0.25) is 4.79 Å². The zero-order valence-electron chi connectivity index (χ0n) is 9.89. The summed E-state index contributed by atoms with van der Waals surface area (Å²) in [4.78, 5) is 12.4. The summed E-state index contributed by atoms with van der Waals surface area (Å²) in [5.41, 5.74) is -0.0920. The number of halogens is 5. The van der Waals surface area contributed by atoms with Crippen molar-refractivity contribution in [3.8, 4) is 0 Å². The first-order chi connectivity index (χ1) is 8.74. The fourth-order valence-corrected chi connectivity index (χ4v) is 2.30. The predicted octanol–water partition coefficient (Wildman–Crippen LogP) is 3.43. The minimum Gasteiger partial charge on any atom is -0.322 e. The van der Waals surface area contributed by atoms with Crippen LogP contribution in [0.25, 0.3) is 0 Å². The SMILES string of the molecule is CCC1c2cc(F)c(F)cc2C(=O)N1CC(F)(F)F. The van der Waals surface area contributed by atoms with Crippen LogP contribution >= 0.6 is 0 Å². The molecule has 0 N–H and O–H groups in total. The Morgan fingerprint density at radius 2 is 1.79 bits per heavy atom. The van der Waals surface area contributed by atoms with Crippen molar-refractivity contribution < 1.29 is 26.7 Å². The smallest absolute Gasteiger partial charge is 0.322 e. The van der Waals surface area contributed by atoms with Gasteiger partial charge in [0.2, 0.25) is 0 Å². The second-order valence-electron chi connectivity index (χ2n) is 4.33. The molecule has 0 fully saturated rings. The lowest BCUT2D eigenvalue weighted by atomic mass is 10.0. The topological polar surface area (TPSA) is 20.3 Å². The second-order valence-corrected chi connectivity index (χ2v) is 4.33. The van der Waals surface area contributed by atoms with Gasteiger partial charge in [0.15, 0.2) is 11.6 Å². The molecule has 19 heavy (non-hydrogen) atoms. The van der Waals surface area contributed by atoms with Crippen LogP contribution in [-0.4, -0.2) is 23.5 Å². The van der Waals surface area contributed by atoms with Crippen LogP contribution in [0.3, 0.4) is 0 Å². The predicted molar refractivity (Wildman–Crippen MR) is 56.5 cm³/mol. The van der Waals surface area contributed by atoms with Gasteiger partial charge in [0.25, 0.3) is 5.91 Å². The standard InChI is InChI=1S/C12H10F5NO/c1-2-10-6-3-8(13)9(14)4-7(6)11(19)18(10)5-12(15,16)17/h3-4,10H,2,5H2,1H3. The van der Waals surface area contributed by atoms with Crippen LogP contribution < -0.4 is 0 Å². The first-order valence-electron chi connectivity index (χ1n) is 5.61. The maximum Gasteiger partial charge on any atom is 0.406 e. The van der Waals surface area contributed by atoms with Crippen molar-refractivity contribution in [2.24, 2.45) is 0 Å². The van der Waals surface area contributed by atoms with E-state index in [0.29, 0.717) is 11.0 Å². The summed E-state index contributed by atoms with van der Waals surface area (Å²) in [5, 5.41) is 0. The van der Waals surface area contributed by atoms with E-state index in [1.54, 1.807) is 6.92 Å². The molecule has 0 bridgehead atoms. The average Bonchev–Trinajstić information content (AvgIpc) is 2.52. The van der Waals surface area contributed by atoms with Gasteiger partial charge in [0.1, 0.15) is 6.54 Å². The molecular formula is C12H10F5NO. The minimum atomic E-state index is -4.55. The number of benzene rings is 1. The molecule has 1 aliphatic heterocycles. The summed E-state index contributed by atoms with van der Waals surface area (Å²) >= 11 is 0. The minimum absolute atomic E-state index is 0.107. The molecule has 104 valence electrons. The molecule has 0 aromatic heterocycles. The van der Waals surface area contributed by atoms with E-state index in [9.17, 15) is 26.7 Å². The Morgan fingerprint density at radius 1 is 1.21 bits per heavy atom. The van der Waals surface area contributed by atoms with Crippen molar-refractivity contribution in [2.75, 3.05) is 6.54 Å². The second kappa shape index (κ2) is 4.47. The van der Waals surface area contributed by atoms with Gasteiger partial charge in [-0.2, -0.15) is 13.2 Å². The Bertz CT molecular complexity index is 526. The van der Waals surface area contributed by atoms with Crippen LogP contribution in [0.5, 0.6) is 0 Å². The molecule has 1 aromatic carbocycles. The van der Waals surface area contributed by atoms with Gasteiger partial charge >= 0.3 is 6.18 Å². The fraction of sp³-hybridized carbons (Fsp3) is 0.417. The molecule has 0 spiro atoms. The average molecular weight is 279 g/mol. The lowest BCUT2D eigenvalue weighted by molar-refractivity contribution is -0.144. The Morgan fingerprint density at radius 3 is 2.32 bits per heavy atom. The molecule has 0 saturated carbocycles. The number of carbonyl (C=O) groups excluding carboxylic acids is 1. The van der Waals surface area contributed by atoms with E-state index >= 15 is 0 Å². The van der Waals surface area contributed by atoms with Gasteiger partial charge in [-0.05, 0) is 24.1 Å². The molecule has 1 unspecified atom stereocenters. The van der Waals surface area contributed by atoms with Crippen LogP contribution in [0.2, 0.25) is 0 Å². The summed E-state index contributed by atoms with van der Waals surface area (Å²) in [6.45, 7) is 0.153. The Balaban J connectivity index is 2.45. The molecule has 1 heterocycles. The van der Waals surface area contributed by atoms with Crippen LogP contribution in [0, 0.1) is 11.6 Å². The van der Waals surface area contributed by atoms with Crippen molar-refractivity contribution >= 4 is 5.91 Å². The van der Waals surface area contributed by atoms with Crippen molar-refractivity contribution in [2.45, 2.75) is 25.6 Å². The quantitative estimate of drug-likeness (QED) is 0.759. The largest absolute Gasteiger partial charge is 0.406 e. The van der Waals surface area contributed by atoms with Crippen molar-refractivity contribution in [3.05, 3.63) is 34.9 Å². The van der Waals surface area contributed by atoms with Crippen LogP contribution in [-0.2, 0) is 0 Å². The number of fused-ring (bicyclic) bond motifs is 1. The van der Waals surface area contributed by atoms with Gasteiger partial charge in [-0.15, -0.1) is 0 Å². The zero-order valence-corrected chi connectivity index (χ0v) is 9.89. The number of hydrogen-bond acceptors (Lipinski definition) is 1. The highest BCUT2D eigenvalue weighted by Crippen LogP contribution is 2.38. The Kier molecular flexibility index (Phi) is 3.24. The van der Waals surface area contributed by atoms with Crippen LogP contribution in [0.1, 0.15) is 35.3 Å².